The van der Waals surface area contributed by atoms with Crippen LogP contribution in [0.25, 0.3) is 5.69 Å². The second-order valence-electron chi connectivity index (χ2n) is 4.62. The van der Waals surface area contributed by atoms with E-state index in [0.717, 1.165) is 24.3 Å². The van der Waals surface area contributed by atoms with Crippen molar-refractivity contribution in [3.05, 3.63) is 47.8 Å². The van der Waals surface area contributed by atoms with Crippen molar-refractivity contribution in [2.75, 3.05) is 20.1 Å². The van der Waals surface area contributed by atoms with Crippen LogP contribution >= 0.6 is 12.4 Å². The van der Waals surface area contributed by atoms with Gasteiger partial charge in [0, 0.05) is 12.7 Å². The molecule has 114 valence electrons. The highest BCUT2D eigenvalue weighted by molar-refractivity contribution is 5.95. The van der Waals surface area contributed by atoms with Crippen LogP contribution in [-0.2, 0) is 0 Å². The zero-order valence-electron chi connectivity index (χ0n) is 12.3. The first-order valence-electron chi connectivity index (χ1n) is 6.77. The number of halogens is 1. The molecule has 2 rings (SSSR count). The summed E-state index contributed by atoms with van der Waals surface area (Å²) in [6.45, 7) is 3.40. The number of amides is 1. The fourth-order valence-corrected chi connectivity index (χ4v) is 1.96. The molecule has 0 aliphatic rings. The van der Waals surface area contributed by atoms with Crippen LogP contribution in [0.5, 0.6) is 0 Å². The van der Waals surface area contributed by atoms with E-state index < -0.39 is 0 Å². The maximum atomic E-state index is 12.1. The Morgan fingerprint density at radius 3 is 2.62 bits per heavy atom. The number of rotatable bonds is 6. The number of para-hydroxylation sites is 1. The lowest BCUT2D eigenvalue weighted by Gasteiger charge is -2.03. The Morgan fingerprint density at radius 2 is 1.95 bits per heavy atom. The van der Waals surface area contributed by atoms with Gasteiger partial charge >= 0.3 is 0 Å². The van der Waals surface area contributed by atoms with Gasteiger partial charge in [-0.15, -0.1) is 12.4 Å². The Balaban J connectivity index is 0.00000220. The molecule has 0 bridgehead atoms. The van der Waals surface area contributed by atoms with Crippen molar-refractivity contribution in [3.63, 3.8) is 0 Å². The molecule has 2 N–H and O–H groups in total. The third kappa shape index (κ3) is 4.58. The number of nitrogens with one attached hydrogen (secondary N) is 2. The van der Waals surface area contributed by atoms with Crippen molar-refractivity contribution in [3.8, 4) is 5.69 Å². The van der Waals surface area contributed by atoms with E-state index in [2.05, 4.69) is 15.7 Å². The molecule has 0 spiro atoms. The Morgan fingerprint density at radius 1 is 1.24 bits per heavy atom. The van der Waals surface area contributed by atoms with Crippen molar-refractivity contribution in [2.45, 2.75) is 13.3 Å². The van der Waals surface area contributed by atoms with Crippen molar-refractivity contribution in [1.82, 2.24) is 20.4 Å². The number of nitrogens with zero attached hydrogens (tertiary/aromatic N) is 2. The predicted molar refractivity (Wildman–Crippen MR) is 86.4 cm³/mol. The van der Waals surface area contributed by atoms with Gasteiger partial charge in [0.1, 0.15) is 0 Å². The number of benzene rings is 1. The largest absolute Gasteiger partial charge is 0.352 e. The quantitative estimate of drug-likeness (QED) is 0.802. The molecule has 0 aliphatic carbocycles. The van der Waals surface area contributed by atoms with E-state index in [4.69, 9.17) is 0 Å². The molecule has 1 aromatic heterocycles. The molecule has 0 aliphatic heterocycles. The molecule has 0 atom stereocenters. The maximum absolute atomic E-state index is 12.1. The fraction of sp³-hybridized carbons (Fsp3) is 0.333. The van der Waals surface area contributed by atoms with Crippen LogP contribution in [0.15, 0.2) is 36.5 Å². The van der Waals surface area contributed by atoms with Crippen LogP contribution in [0.3, 0.4) is 0 Å². The van der Waals surface area contributed by atoms with E-state index in [1.165, 1.54) is 0 Å². The lowest BCUT2D eigenvalue weighted by atomic mass is 10.2. The number of aromatic nitrogens is 2. The topological polar surface area (TPSA) is 58.9 Å². The van der Waals surface area contributed by atoms with Gasteiger partial charge < -0.3 is 10.6 Å². The minimum absolute atomic E-state index is 0. The van der Waals surface area contributed by atoms with E-state index in [-0.39, 0.29) is 18.3 Å². The number of hydrogen-bond donors (Lipinski definition) is 2. The minimum atomic E-state index is -0.0687. The smallest absolute Gasteiger partial charge is 0.254 e. The molecule has 0 fully saturated rings. The van der Waals surface area contributed by atoms with Gasteiger partial charge in [-0.1, -0.05) is 18.2 Å². The normalized spacial score (nSPS) is 10.0. The number of carbonyl (C=O) groups excluding carboxylic acids is 1. The number of hydrogen-bond acceptors (Lipinski definition) is 3. The third-order valence-electron chi connectivity index (χ3n) is 3.05. The molecule has 0 unspecified atom stereocenters. The zero-order valence-corrected chi connectivity index (χ0v) is 13.1. The van der Waals surface area contributed by atoms with Crippen molar-refractivity contribution >= 4 is 18.3 Å². The van der Waals surface area contributed by atoms with Gasteiger partial charge in [0.2, 0.25) is 0 Å². The van der Waals surface area contributed by atoms with E-state index >= 15 is 0 Å². The highest BCUT2D eigenvalue weighted by Gasteiger charge is 2.13. The summed E-state index contributed by atoms with van der Waals surface area (Å²) in [5.74, 6) is -0.0687. The second-order valence-corrected chi connectivity index (χ2v) is 4.62. The summed E-state index contributed by atoms with van der Waals surface area (Å²) >= 11 is 0. The van der Waals surface area contributed by atoms with Gasteiger partial charge in [0.15, 0.2) is 0 Å². The molecule has 21 heavy (non-hydrogen) atoms. The number of carbonyl (C=O) groups is 1. The van der Waals surface area contributed by atoms with Gasteiger partial charge in [-0.25, -0.2) is 4.68 Å². The van der Waals surface area contributed by atoms with Crippen LogP contribution < -0.4 is 10.6 Å². The van der Waals surface area contributed by atoms with Crippen LogP contribution in [0.1, 0.15) is 22.5 Å². The van der Waals surface area contributed by atoms with E-state index in [1.54, 1.807) is 10.9 Å². The lowest BCUT2D eigenvalue weighted by Crippen LogP contribution is -2.26. The van der Waals surface area contributed by atoms with Gasteiger partial charge in [0.25, 0.3) is 5.91 Å². The highest BCUT2D eigenvalue weighted by atomic mass is 35.5. The average Bonchev–Trinajstić information content (AvgIpc) is 2.86. The standard InChI is InChI=1S/C15H20N4O.ClH/c1-12-14(15(20)17-10-6-9-16-2)11-19(18-12)13-7-4-3-5-8-13;/h3-5,7-8,11,16H,6,9-10H2,1-2H3,(H,17,20);1H. The molecule has 1 heterocycles. The molecular formula is C15H21ClN4O. The maximum Gasteiger partial charge on any atom is 0.254 e. The Kier molecular flexibility index (Phi) is 6.91. The fourth-order valence-electron chi connectivity index (χ4n) is 1.96. The summed E-state index contributed by atoms with van der Waals surface area (Å²) in [5, 5.41) is 10.3. The number of aryl methyl sites for hydroxylation is 1. The second kappa shape index (κ2) is 8.44. The molecule has 1 aromatic carbocycles. The molecule has 5 nitrogen and oxygen atoms in total. The Hall–Kier alpha value is -1.85. The molecule has 1 amide bonds. The minimum Gasteiger partial charge on any atom is -0.352 e. The van der Waals surface area contributed by atoms with Gasteiger partial charge in [-0.2, -0.15) is 5.10 Å². The highest BCUT2D eigenvalue weighted by Crippen LogP contribution is 2.11. The summed E-state index contributed by atoms with van der Waals surface area (Å²) in [7, 11) is 1.90. The van der Waals surface area contributed by atoms with Crippen LogP contribution in [0, 0.1) is 6.92 Å². The van der Waals surface area contributed by atoms with Gasteiger partial charge in [-0.05, 0) is 39.1 Å². The van der Waals surface area contributed by atoms with Gasteiger partial charge in [0.05, 0.1) is 16.9 Å². The molecule has 0 saturated heterocycles. The molecule has 2 aromatic rings. The Labute approximate surface area is 131 Å². The van der Waals surface area contributed by atoms with Crippen molar-refractivity contribution in [1.29, 1.82) is 0 Å². The van der Waals surface area contributed by atoms with Crippen molar-refractivity contribution < 1.29 is 4.79 Å². The zero-order chi connectivity index (χ0) is 14.4. The molecular weight excluding hydrogens is 288 g/mol. The van der Waals surface area contributed by atoms with Crippen molar-refractivity contribution in [2.24, 2.45) is 0 Å². The third-order valence-corrected chi connectivity index (χ3v) is 3.05. The summed E-state index contributed by atoms with van der Waals surface area (Å²) in [4.78, 5) is 12.1. The van der Waals surface area contributed by atoms with Crippen LogP contribution in [0.4, 0.5) is 0 Å². The predicted octanol–water partition coefficient (Wildman–Crippen LogP) is 1.94. The van der Waals surface area contributed by atoms with Gasteiger partial charge in [-0.3, -0.25) is 4.79 Å². The van der Waals surface area contributed by atoms with E-state index in [9.17, 15) is 4.79 Å². The van der Waals surface area contributed by atoms with Crippen LogP contribution in [0.2, 0.25) is 0 Å². The first-order valence-corrected chi connectivity index (χ1v) is 6.77. The van der Waals surface area contributed by atoms with E-state index in [1.807, 2.05) is 44.3 Å². The Bertz CT molecular complexity index is 568. The van der Waals surface area contributed by atoms with Crippen LogP contribution in [-0.4, -0.2) is 35.8 Å². The first kappa shape index (κ1) is 17.2. The monoisotopic (exact) mass is 308 g/mol. The van der Waals surface area contributed by atoms with E-state index in [0.29, 0.717) is 12.1 Å². The lowest BCUT2D eigenvalue weighted by molar-refractivity contribution is 0.0952. The summed E-state index contributed by atoms with van der Waals surface area (Å²) < 4.78 is 1.73. The first-order chi connectivity index (χ1) is 9.72. The molecule has 0 radical (unpaired) electrons. The summed E-state index contributed by atoms with van der Waals surface area (Å²) in [6.07, 6.45) is 2.69. The molecule has 6 heteroatoms. The summed E-state index contributed by atoms with van der Waals surface area (Å²) in [5.41, 5.74) is 2.31. The SMILES string of the molecule is CNCCCNC(=O)c1cn(-c2ccccc2)nc1C.Cl. The molecule has 0 saturated carbocycles. The average molecular weight is 309 g/mol. The summed E-state index contributed by atoms with van der Waals surface area (Å²) in [6, 6.07) is 9.77.